The van der Waals surface area contributed by atoms with Crippen molar-refractivity contribution in [3.05, 3.63) is 71.8 Å². The van der Waals surface area contributed by atoms with Gasteiger partial charge >= 0.3 is 0 Å². The second-order valence-electron chi connectivity index (χ2n) is 7.00. The van der Waals surface area contributed by atoms with E-state index in [4.69, 9.17) is 0 Å². The number of benzene rings is 2. The SMILES string of the molecule is Cl.O=C(CCC1CCNC1)NCC(Cc1ccccc1)c1ccccc1. The number of nitrogens with one attached hydrogen (secondary N) is 2. The van der Waals surface area contributed by atoms with Crippen LogP contribution in [0.5, 0.6) is 0 Å². The average molecular weight is 373 g/mol. The molecular weight excluding hydrogens is 344 g/mol. The van der Waals surface area contributed by atoms with Gasteiger partial charge in [-0.2, -0.15) is 0 Å². The van der Waals surface area contributed by atoms with Crippen LogP contribution in [-0.4, -0.2) is 25.5 Å². The third kappa shape index (κ3) is 6.47. The van der Waals surface area contributed by atoms with Crippen LogP contribution >= 0.6 is 12.4 Å². The molecule has 1 heterocycles. The van der Waals surface area contributed by atoms with Crippen LogP contribution in [0.4, 0.5) is 0 Å². The molecule has 3 rings (SSSR count). The lowest BCUT2D eigenvalue weighted by atomic mass is 9.92. The van der Waals surface area contributed by atoms with Crippen molar-refractivity contribution in [3.63, 3.8) is 0 Å². The maximum atomic E-state index is 12.3. The van der Waals surface area contributed by atoms with Crippen LogP contribution in [0, 0.1) is 5.92 Å². The molecule has 2 aromatic rings. The lowest BCUT2D eigenvalue weighted by Crippen LogP contribution is -2.29. The van der Waals surface area contributed by atoms with Crippen LogP contribution in [-0.2, 0) is 11.2 Å². The summed E-state index contributed by atoms with van der Waals surface area (Å²) in [5.74, 6) is 1.15. The molecule has 0 aromatic heterocycles. The van der Waals surface area contributed by atoms with E-state index < -0.39 is 0 Å². The van der Waals surface area contributed by atoms with Crippen molar-refractivity contribution >= 4 is 18.3 Å². The van der Waals surface area contributed by atoms with Crippen LogP contribution < -0.4 is 10.6 Å². The Morgan fingerprint density at radius 3 is 2.42 bits per heavy atom. The van der Waals surface area contributed by atoms with Crippen LogP contribution in [0.2, 0.25) is 0 Å². The summed E-state index contributed by atoms with van der Waals surface area (Å²) in [4.78, 5) is 12.3. The summed E-state index contributed by atoms with van der Waals surface area (Å²) < 4.78 is 0. The first kappa shape index (κ1) is 20.5. The second kappa shape index (κ2) is 11.0. The topological polar surface area (TPSA) is 41.1 Å². The van der Waals surface area contributed by atoms with Crippen LogP contribution in [0.25, 0.3) is 0 Å². The van der Waals surface area contributed by atoms with Gasteiger partial charge in [0.15, 0.2) is 0 Å². The Kier molecular flexibility index (Phi) is 8.66. The number of hydrogen-bond donors (Lipinski definition) is 2. The highest BCUT2D eigenvalue weighted by Gasteiger charge is 2.17. The van der Waals surface area contributed by atoms with Crippen molar-refractivity contribution in [1.82, 2.24) is 10.6 Å². The molecule has 1 aliphatic heterocycles. The maximum absolute atomic E-state index is 12.3. The molecule has 1 saturated heterocycles. The standard InChI is InChI=1S/C22H28N2O.ClH/c25-22(12-11-19-13-14-23-16-19)24-17-21(20-9-5-2-6-10-20)15-18-7-3-1-4-8-18;/h1-10,19,21,23H,11-17H2,(H,24,25);1H. The van der Waals surface area contributed by atoms with Gasteiger partial charge in [-0.05, 0) is 49.4 Å². The highest BCUT2D eigenvalue weighted by atomic mass is 35.5. The molecule has 0 spiro atoms. The Morgan fingerprint density at radius 1 is 1.08 bits per heavy atom. The first-order valence-electron chi connectivity index (χ1n) is 9.37. The molecule has 1 amide bonds. The van der Waals surface area contributed by atoms with Gasteiger partial charge in [0.25, 0.3) is 0 Å². The summed E-state index contributed by atoms with van der Waals surface area (Å²) in [6.45, 7) is 2.86. The summed E-state index contributed by atoms with van der Waals surface area (Å²) in [5.41, 5.74) is 2.59. The molecular formula is C22H29ClN2O. The predicted octanol–water partition coefficient (Wildman–Crippen LogP) is 3.94. The molecule has 1 aliphatic rings. The van der Waals surface area contributed by atoms with E-state index >= 15 is 0 Å². The molecule has 2 unspecified atom stereocenters. The first-order valence-corrected chi connectivity index (χ1v) is 9.37. The smallest absolute Gasteiger partial charge is 0.220 e. The maximum Gasteiger partial charge on any atom is 0.220 e. The number of rotatable bonds is 8. The number of halogens is 1. The van der Waals surface area contributed by atoms with Crippen molar-refractivity contribution in [2.45, 2.75) is 31.6 Å². The molecule has 2 atom stereocenters. The predicted molar refractivity (Wildman–Crippen MR) is 110 cm³/mol. The monoisotopic (exact) mass is 372 g/mol. The Labute approximate surface area is 163 Å². The fraction of sp³-hybridized carbons (Fsp3) is 0.409. The average Bonchev–Trinajstić information content (AvgIpc) is 3.18. The van der Waals surface area contributed by atoms with E-state index in [9.17, 15) is 4.79 Å². The highest BCUT2D eigenvalue weighted by Crippen LogP contribution is 2.20. The Bertz CT molecular complexity index is 642. The second-order valence-corrected chi connectivity index (χ2v) is 7.00. The van der Waals surface area contributed by atoms with Gasteiger partial charge in [0.2, 0.25) is 5.91 Å². The lowest BCUT2D eigenvalue weighted by Gasteiger charge is -2.19. The van der Waals surface area contributed by atoms with E-state index in [1.165, 1.54) is 17.5 Å². The third-order valence-corrected chi connectivity index (χ3v) is 5.08. The van der Waals surface area contributed by atoms with Crippen LogP contribution in [0.15, 0.2) is 60.7 Å². The van der Waals surface area contributed by atoms with Gasteiger partial charge in [0, 0.05) is 18.9 Å². The third-order valence-electron chi connectivity index (χ3n) is 5.08. The Hall–Kier alpha value is -1.84. The molecule has 3 nitrogen and oxygen atoms in total. The van der Waals surface area contributed by atoms with Gasteiger partial charge < -0.3 is 10.6 Å². The minimum atomic E-state index is 0. The van der Waals surface area contributed by atoms with Gasteiger partial charge in [-0.1, -0.05) is 60.7 Å². The van der Waals surface area contributed by atoms with E-state index in [0.29, 0.717) is 24.8 Å². The zero-order valence-electron chi connectivity index (χ0n) is 15.2. The minimum absolute atomic E-state index is 0. The molecule has 1 fully saturated rings. The molecule has 2 aromatic carbocycles. The fourth-order valence-electron chi connectivity index (χ4n) is 3.55. The van der Waals surface area contributed by atoms with Gasteiger partial charge in [0.1, 0.15) is 0 Å². The number of hydrogen-bond acceptors (Lipinski definition) is 2. The fourth-order valence-corrected chi connectivity index (χ4v) is 3.55. The molecule has 0 saturated carbocycles. The highest BCUT2D eigenvalue weighted by molar-refractivity contribution is 5.85. The largest absolute Gasteiger partial charge is 0.355 e. The molecule has 4 heteroatoms. The number of carbonyl (C=O) groups excluding carboxylic acids is 1. The molecule has 2 N–H and O–H groups in total. The summed E-state index contributed by atoms with van der Waals surface area (Å²) >= 11 is 0. The zero-order valence-corrected chi connectivity index (χ0v) is 16.0. The van der Waals surface area contributed by atoms with Crippen LogP contribution in [0.1, 0.15) is 36.3 Å². The van der Waals surface area contributed by atoms with Gasteiger partial charge in [-0.25, -0.2) is 0 Å². The van der Waals surface area contributed by atoms with E-state index in [2.05, 4.69) is 59.2 Å². The van der Waals surface area contributed by atoms with Crippen molar-refractivity contribution in [2.24, 2.45) is 5.92 Å². The minimum Gasteiger partial charge on any atom is -0.355 e. The van der Waals surface area contributed by atoms with Gasteiger partial charge in [-0.15, -0.1) is 12.4 Å². The van der Waals surface area contributed by atoms with E-state index in [0.717, 1.165) is 25.9 Å². The quantitative estimate of drug-likeness (QED) is 0.736. The van der Waals surface area contributed by atoms with E-state index in [1.807, 2.05) is 12.1 Å². The zero-order chi connectivity index (χ0) is 17.3. The first-order chi connectivity index (χ1) is 12.3. The van der Waals surface area contributed by atoms with Gasteiger partial charge in [-0.3, -0.25) is 4.79 Å². The van der Waals surface area contributed by atoms with E-state index in [1.54, 1.807) is 0 Å². The number of amides is 1. The Morgan fingerprint density at radius 2 is 1.77 bits per heavy atom. The van der Waals surface area contributed by atoms with Crippen LogP contribution in [0.3, 0.4) is 0 Å². The van der Waals surface area contributed by atoms with Crippen molar-refractivity contribution in [2.75, 3.05) is 19.6 Å². The Balaban J connectivity index is 0.00000243. The molecule has 0 radical (unpaired) electrons. The summed E-state index contributed by atoms with van der Waals surface area (Å²) in [5, 5.41) is 6.53. The van der Waals surface area contributed by atoms with E-state index in [-0.39, 0.29) is 18.3 Å². The summed E-state index contributed by atoms with van der Waals surface area (Å²) in [7, 11) is 0. The summed E-state index contributed by atoms with van der Waals surface area (Å²) in [6, 6.07) is 21.0. The number of carbonyl (C=O) groups is 1. The summed E-state index contributed by atoms with van der Waals surface area (Å²) in [6.07, 6.45) is 3.78. The van der Waals surface area contributed by atoms with Crippen molar-refractivity contribution < 1.29 is 4.79 Å². The molecule has 26 heavy (non-hydrogen) atoms. The normalized spacial score (nSPS) is 17.3. The molecule has 140 valence electrons. The van der Waals surface area contributed by atoms with Gasteiger partial charge in [0.05, 0.1) is 0 Å². The lowest BCUT2D eigenvalue weighted by molar-refractivity contribution is -0.121. The molecule has 0 aliphatic carbocycles. The van der Waals surface area contributed by atoms with Crippen molar-refractivity contribution in [3.8, 4) is 0 Å². The molecule has 0 bridgehead atoms. The van der Waals surface area contributed by atoms with Crippen molar-refractivity contribution in [1.29, 1.82) is 0 Å².